The van der Waals surface area contributed by atoms with Crippen LogP contribution in [0.25, 0.3) is 0 Å². The van der Waals surface area contributed by atoms with E-state index < -0.39 is 57.9 Å². The van der Waals surface area contributed by atoms with Crippen molar-refractivity contribution in [3.8, 4) is 0 Å². The summed E-state index contributed by atoms with van der Waals surface area (Å²) >= 11 is 0. The molecule has 4 saturated heterocycles. The van der Waals surface area contributed by atoms with Crippen LogP contribution in [0.3, 0.4) is 0 Å². The third-order valence-electron chi connectivity index (χ3n) is 5.90. The predicted molar refractivity (Wildman–Crippen MR) is 113 cm³/mol. The molecule has 0 aromatic heterocycles. The molecule has 0 amide bonds. The average Bonchev–Trinajstić information content (AvgIpc) is 3.43. The quantitative estimate of drug-likeness (QED) is 0.448. The fourth-order valence-corrected chi connectivity index (χ4v) is 8.48. The zero-order chi connectivity index (χ0) is 23.3. The van der Waals surface area contributed by atoms with Crippen molar-refractivity contribution in [3.63, 3.8) is 0 Å². The van der Waals surface area contributed by atoms with Gasteiger partial charge >= 0.3 is 0 Å². The summed E-state index contributed by atoms with van der Waals surface area (Å²) in [6.45, 7) is 8.83. The predicted octanol–water partition coefficient (Wildman–Crippen LogP) is 0.401. The molecule has 4 atom stereocenters. The molecule has 0 aromatic carbocycles. The maximum Gasteiger partial charge on any atom is 0.286 e. The van der Waals surface area contributed by atoms with Crippen LogP contribution in [0.15, 0.2) is 0 Å². The van der Waals surface area contributed by atoms with Crippen LogP contribution in [-0.4, -0.2) is 97.7 Å². The fourth-order valence-electron chi connectivity index (χ4n) is 4.63. The van der Waals surface area contributed by atoms with Gasteiger partial charge in [-0.25, -0.2) is 0 Å². The van der Waals surface area contributed by atoms with E-state index in [1.54, 1.807) is 0 Å². The molecule has 0 radical (unpaired) electrons. The van der Waals surface area contributed by atoms with Crippen LogP contribution in [0.1, 0.15) is 53.4 Å². The summed E-state index contributed by atoms with van der Waals surface area (Å²) in [6, 6.07) is 0. The van der Waals surface area contributed by atoms with Crippen molar-refractivity contribution in [2.24, 2.45) is 0 Å². The summed E-state index contributed by atoms with van der Waals surface area (Å²) in [7, 11) is -7.36. The smallest absolute Gasteiger partial charge is 0.286 e. The normalized spacial score (nSPS) is 36.2. The lowest BCUT2D eigenvalue weighted by atomic mass is 10.4. The van der Waals surface area contributed by atoms with Crippen LogP contribution in [0.4, 0.5) is 0 Å². The minimum atomic E-state index is -3.68. The van der Waals surface area contributed by atoms with Gasteiger partial charge < -0.3 is 18.9 Å². The molecule has 4 aliphatic rings. The molecular formula is C18H34N4O8S2. The number of rotatable bonds is 9. The summed E-state index contributed by atoms with van der Waals surface area (Å²) < 4.78 is 81.0. The van der Waals surface area contributed by atoms with E-state index in [-0.39, 0.29) is 0 Å². The lowest BCUT2D eigenvalue weighted by Gasteiger charge is -2.27. The first kappa shape index (κ1) is 24.7. The largest absolute Gasteiger partial charge is 0.324 e. The molecule has 0 aromatic rings. The van der Waals surface area contributed by atoms with Crippen molar-refractivity contribution in [3.05, 3.63) is 0 Å². The van der Waals surface area contributed by atoms with Gasteiger partial charge in [0.05, 0.1) is 0 Å². The first-order valence-corrected chi connectivity index (χ1v) is 14.2. The van der Waals surface area contributed by atoms with Crippen molar-refractivity contribution in [1.82, 2.24) is 17.2 Å². The lowest BCUT2D eigenvalue weighted by molar-refractivity contribution is -0.237. The highest BCUT2D eigenvalue weighted by Crippen LogP contribution is 2.42. The van der Waals surface area contributed by atoms with Gasteiger partial charge in [0, 0.05) is 26.2 Å². The van der Waals surface area contributed by atoms with Gasteiger partial charge in [-0.1, -0.05) is 27.7 Å². The van der Waals surface area contributed by atoms with E-state index in [0.29, 0.717) is 51.9 Å². The van der Waals surface area contributed by atoms with Crippen molar-refractivity contribution >= 4 is 20.4 Å². The van der Waals surface area contributed by atoms with E-state index >= 15 is 0 Å². The summed E-state index contributed by atoms with van der Waals surface area (Å²) in [6.07, 6.45) is -2.62. The standard InChI is InChI=1S/C18H34N4O8S2/c1-5-9-19-13-14(20(10-6-2)31(19,23)24)28-17(27-13)18-29-15-16(30-18)22(12-8-4)32(25,26)21(15)11-7-3/h13-18H,5-12H2,1-4H3/t13-,14-,15-,16-/m1/s1. The van der Waals surface area contributed by atoms with Gasteiger partial charge in [0.1, 0.15) is 0 Å². The van der Waals surface area contributed by atoms with Crippen LogP contribution in [0.5, 0.6) is 0 Å². The first-order valence-electron chi connectivity index (χ1n) is 11.4. The second-order valence-electron chi connectivity index (χ2n) is 8.30. The van der Waals surface area contributed by atoms with Crippen LogP contribution in [0, 0.1) is 0 Å². The molecule has 186 valence electrons. The van der Waals surface area contributed by atoms with Crippen molar-refractivity contribution in [1.29, 1.82) is 0 Å². The summed E-state index contributed by atoms with van der Waals surface area (Å²) in [4.78, 5) is 0. The molecule has 0 aliphatic carbocycles. The van der Waals surface area contributed by atoms with Crippen molar-refractivity contribution in [2.75, 3.05) is 26.2 Å². The van der Waals surface area contributed by atoms with E-state index in [0.717, 1.165) is 0 Å². The number of hydrogen-bond donors (Lipinski definition) is 0. The maximum atomic E-state index is 12.9. The Morgan fingerprint density at radius 1 is 0.500 bits per heavy atom. The number of hydrogen-bond acceptors (Lipinski definition) is 8. The highest BCUT2D eigenvalue weighted by molar-refractivity contribution is 7.87. The molecule has 0 spiro atoms. The highest BCUT2D eigenvalue weighted by atomic mass is 32.2. The van der Waals surface area contributed by atoms with Crippen LogP contribution in [0.2, 0.25) is 0 Å². The third kappa shape index (κ3) is 3.82. The van der Waals surface area contributed by atoms with E-state index in [2.05, 4.69) is 0 Å². The molecule has 0 N–H and O–H groups in total. The third-order valence-corrected chi connectivity index (χ3v) is 9.83. The Labute approximate surface area is 190 Å². The Bertz CT molecular complexity index is 759. The van der Waals surface area contributed by atoms with Crippen LogP contribution >= 0.6 is 0 Å². The molecule has 14 heteroatoms. The maximum absolute atomic E-state index is 12.9. The zero-order valence-electron chi connectivity index (χ0n) is 19.0. The molecule has 0 saturated carbocycles. The number of nitrogens with zero attached hydrogens (tertiary/aromatic N) is 4. The Morgan fingerprint density at radius 2 is 0.719 bits per heavy atom. The Kier molecular flexibility index (Phi) is 7.19. The van der Waals surface area contributed by atoms with Gasteiger partial charge in [0.25, 0.3) is 20.4 Å². The average molecular weight is 499 g/mol. The van der Waals surface area contributed by atoms with E-state index in [1.807, 2.05) is 27.7 Å². The van der Waals surface area contributed by atoms with Gasteiger partial charge in [0.2, 0.25) is 12.6 Å². The van der Waals surface area contributed by atoms with Gasteiger partial charge in [-0.05, 0) is 25.7 Å². The molecule has 4 heterocycles. The SMILES string of the molecule is CCCN1[C@@H]2OC(C3O[C@@H]4[C@@H](O3)N(CCC)S(=O)(=O)N4CCC)O[C@H]2N(CCC)S1(=O)=O. The minimum Gasteiger partial charge on any atom is -0.324 e. The van der Waals surface area contributed by atoms with E-state index in [1.165, 1.54) is 17.2 Å². The number of ether oxygens (including phenoxy) is 4. The van der Waals surface area contributed by atoms with Gasteiger partial charge in [-0.3, -0.25) is 0 Å². The topological polar surface area (TPSA) is 118 Å². The lowest BCUT2D eigenvalue weighted by Crippen LogP contribution is -2.43. The molecule has 12 nitrogen and oxygen atoms in total. The molecule has 4 rings (SSSR count). The van der Waals surface area contributed by atoms with E-state index in [9.17, 15) is 16.8 Å². The minimum absolute atomic E-state index is 0.310. The molecule has 32 heavy (non-hydrogen) atoms. The second-order valence-corrected chi connectivity index (χ2v) is 12.0. The first-order chi connectivity index (χ1) is 15.2. The van der Waals surface area contributed by atoms with Gasteiger partial charge in [-0.15, -0.1) is 0 Å². The van der Waals surface area contributed by atoms with Gasteiger partial charge in [0.15, 0.2) is 24.9 Å². The second kappa shape index (κ2) is 9.32. The van der Waals surface area contributed by atoms with E-state index in [4.69, 9.17) is 18.9 Å². The molecule has 0 unspecified atom stereocenters. The Balaban J connectivity index is 1.53. The summed E-state index contributed by atoms with van der Waals surface area (Å²) in [5, 5.41) is 0. The fraction of sp³-hybridized carbons (Fsp3) is 1.00. The van der Waals surface area contributed by atoms with Crippen molar-refractivity contribution in [2.45, 2.75) is 90.9 Å². The molecule has 0 bridgehead atoms. The molecule has 4 aliphatic heterocycles. The highest BCUT2D eigenvalue weighted by Gasteiger charge is 2.63. The summed E-state index contributed by atoms with van der Waals surface area (Å²) in [5.41, 5.74) is 0. The van der Waals surface area contributed by atoms with Gasteiger partial charge in [-0.2, -0.15) is 34.1 Å². The molecule has 4 fully saturated rings. The van der Waals surface area contributed by atoms with Crippen LogP contribution in [-0.2, 0) is 39.4 Å². The van der Waals surface area contributed by atoms with Crippen molar-refractivity contribution < 1.29 is 35.8 Å². The zero-order valence-corrected chi connectivity index (χ0v) is 20.6. The number of fused-ring (bicyclic) bond motifs is 2. The monoisotopic (exact) mass is 498 g/mol. The Hall–Kier alpha value is -0.420. The molecular weight excluding hydrogens is 464 g/mol. The summed E-state index contributed by atoms with van der Waals surface area (Å²) in [5.74, 6) is 0. The van der Waals surface area contributed by atoms with Crippen LogP contribution < -0.4 is 0 Å². The Morgan fingerprint density at radius 3 is 0.906 bits per heavy atom.